The number of fused-ring (bicyclic) bond motifs is 1. The van der Waals surface area contributed by atoms with Crippen molar-refractivity contribution in [3.05, 3.63) is 64.5 Å². The lowest BCUT2D eigenvalue weighted by molar-refractivity contribution is 0.544. The van der Waals surface area contributed by atoms with E-state index in [2.05, 4.69) is 23.5 Å². The lowest BCUT2D eigenvalue weighted by Gasteiger charge is -2.15. The largest absolute Gasteiger partial charge is 0.463 e. The monoisotopic (exact) mass is 424 g/mol. The third-order valence-corrected chi connectivity index (χ3v) is 5.14. The van der Waals surface area contributed by atoms with E-state index in [1.54, 1.807) is 42.5 Å². The maximum absolute atomic E-state index is 12.9. The van der Waals surface area contributed by atoms with Crippen LogP contribution in [0.25, 0.3) is 22.1 Å². The Morgan fingerprint density at radius 3 is 2.50 bits per heavy atom. The van der Waals surface area contributed by atoms with Crippen LogP contribution in [0, 0.1) is 11.8 Å². The summed E-state index contributed by atoms with van der Waals surface area (Å²) in [5.74, 6) is 6.13. The van der Waals surface area contributed by atoms with Gasteiger partial charge in [-0.25, -0.2) is 8.42 Å². The first kappa shape index (κ1) is 21.6. The van der Waals surface area contributed by atoms with Crippen LogP contribution < -0.4 is 15.9 Å². The van der Waals surface area contributed by atoms with Crippen molar-refractivity contribution in [2.75, 3.05) is 11.0 Å². The Kier molecular flexibility index (Phi) is 6.01. The Hall–Kier alpha value is -3.08. The van der Waals surface area contributed by atoms with Gasteiger partial charge in [0.05, 0.1) is 22.7 Å². The van der Waals surface area contributed by atoms with Crippen molar-refractivity contribution in [3.63, 3.8) is 0 Å². The Morgan fingerprint density at radius 2 is 1.87 bits per heavy atom. The van der Waals surface area contributed by atoms with E-state index in [1.165, 1.54) is 6.26 Å². The maximum atomic E-state index is 12.9. The second-order valence-electron chi connectivity index (χ2n) is 7.56. The van der Waals surface area contributed by atoms with Crippen molar-refractivity contribution >= 4 is 26.7 Å². The second-order valence-corrected chi connectivity index (χ2v) is 9.31. The normalized spacial score (nSPS) is 13.3. The van der Waals surface area contributed by atoms with Gasteiger partial charge in [-0.2, -0.15) is 0 Å². The second kappa shape index (κ2) is 8.34. The molecule has 0 aliphatic carbocycles. The summed E-state index contributed by atoms with van der Waals surface area (Å²) in [5.41, 5.74) is 8.04. The molecule has 1 heterocycles. The van der Waals surface area contributed by atoms with Gasteiger partial charge in [-0.3, -0.25) is 9.52 Å². The summed E-state index contributed by atoms with van der Waals surface area (Å²) < 4.78 is 30.7. The lowest BCUT2D eigenvalue weighted by atomic mass is 9.98. The number of anilines is 1. The SMILES string of the molecule is CCCC(C)(N)C#Cc1ccc2c(=O)c(-c3ccc(NS(C)(=O)=O)cc3)coc2c1. The van der Waals surface area contributed by atoms with Crippen LogP contribution in [0.4, 0.5) is 5.69 Å². The van der Waals surface area contributed by atoms with Crippen LogP contribution in [0.5, 0.6) is 0 Å². The van der Waals surface area contributed by atoms with E-state index in [0.29, 0.717) is 27.8 Å². The van der Waals surface area contributed by atoms with Crippen LogP contribution in [0.3, 0.4) is 0 Å². The van der Waals surface area contributed by atoms with Gasteiger partial charge in [0.1, 0.15) is 11.8 Å². The zero-order valence-corrected chi connectivity index (χ0v) is 18.0. The maximum Gasteiger partial charge on any atom is 0.229 e. The quantitative estimate of drug-likeness (QED) is 0.608. The van der Waals surface area contributed by atoms with Gasteiger partial charge in [0, 0.05) is 11.3 Å². The van der Waals surface area contributed by atoms with Crippen LogP contribution in [0.1, 0.15) is 32.3 Å². The summed E-state index contributed by atoms with van der Waals surface area (Å²) in [7, 11) is -3.36. The molecule has 7 heteroatoms. The number of rotatable bonds is 5. The van der Waals surface area contributed by atoms with Gasteiger partial charge in [-0.15, -0.1) is 0 Å². The molecule has 0 aliphatic rings. The fraction of sp³-hybridized carbons (Fsp3) is 0.261. The summed E-state index contributed by atoms with van der Waals surface area (Å²) in [6.45, 7) is 3.96. The first-order valence-electron chi connectivity index (χ1n) is 9.54. The van der Waals surface area contributed by atoms with Gasteiger partial charge in [0.25, 0.3) is 0 Å². The first-order chi connectivity index (χ1) is 14.1. The summed E-state index contributed by atoms with van der Waals surface area (Å²) in [5, 5.41) is 0.445. The van der Waals surface area contributed by atoms with Crippen LogP contribution >= 0.6 is 0 Å². The van der Waals surface area contributed by atoms with Crippen LogP contribution in [0.15, 0.2) is 57.9 Å². The average Bonchev–Trinajstić information content (AvgIpc) is 2.66. The van der Waals surface area contributed by atoms with Gasteiger partial charge >= 0.3 is 0 Å². The summed E-state index contributed by atoms with van der Waals surface area (Å²) in [6, 6.07) is 11.7. The van der Waals surface area contributed by atoms with Crippen LogP contribution in [-0.2, 0) is 10.0 Å². The molecule has 3 aromatic rings. The first-order valence-corrected chi connectivity index (χ1v) is 11.4. The van der Waals surface area contributed by atoms with E-state index in [1.807, 2.05) is 6.92 Å². The molecule has 0 bridgehead atoms. The lowest BCUT2D eigenvalue weighted by Crippen LogP contribution is -2.33. The molecule has 2 aromatic carbocycles. The van der Waals surface area contributed by atoms with Crippen molar-refractivity contribution in [2.24, 2.45) is 5.73 Å². The zero-order valence-electron chi connectivity index (χ0n) is 17.2. The Bertz CT molecular complexity index is 1300. The molecule has 1 unspecified atom stereocenters. The minimum Gasteiger partial charge on any atom is -0.463 e. The molecule has 3 N–H and O–H groups in total. The molecule has 0 radical (unpaired) electrons. The van der Waals surface area contributed by atoms with Gasteiger partial charge < -0.3 is 10.2 Å². The van der Waals surface area contributed by atoms with E-state index in [4.69, 9.17) is 10.2 Å². The molecule has 0 saturated heterocycles. The van der Waals surface area contributed by atoms with Gasteiger partial charge in [0.2, 0.25) is 10.0 Å². The van der Waals surface area contributed by atoms with Gasteiger partial charge in [-0.05, 0) is 49.2 Å². The molecule has 1 aromatic heterocycles. The van der Waals surface area contributed by atoms with Crippen molar-refractivity contribution in [2.45, 2.75) is 32.2 Å². The molecule has 0 spiro atoms. The van der Waals surface area contributed by atoms with E-state index in [9.17, 15) is 13.2 Å². The summed E-state index contributed by atoms with van der Waals surface area (Å²) >= 11 is 0. The van der Waals surface area contributed by atoms with Crippen molar-refractivity contribution in [3.8, 4) is 23.0 Å². The van der Waals surface area contributed by atoms with Crippen LogP contribution in [-0.4, -0.2) is 20.2 Å². The van der Waals surface area contributed by atoms with Crippen LogP contribution in [0.2, 0.25) is 0 Å². The number of nitrogens with one attached hydrogen (secondary N) is 1. The average molecular weight is 425 g/mol. The summed E-state index contributed by atoms with van der Waals surface area (Å²) in [6.07, 6.45) is 4.23. The minimum atomic E-state index is -3.36. The molecule has 1 atom stereocenters. The highest BCUT2D eigenvalue weighted by molar-refractivity contribution is 7.92. The van der Waals surface area contributed by atoms with E-state index in [0.717, 1.165) is 24.7 Å². The van der Waals surface area contributed by atoms with Crippen molar-refractivity contribution in [1.29, 1.82) is 0 Å². The predicted molar refractivity (Wildman–Crippen MR) is 121 cm³/mol. The highest BCUT2D eigenvalue weighted by Crippen LogP contribution is 2.22. The van der Waals surface area contributed by atoms with Gasteiger partial charge in [0.15, 0.2) is 5.43 Å². The molecule has 3 rings (SSSR count). The van der Waals surface area contributed by atoms with Gasteiger partial charge in [-0.1, -0.05) is 37.3 Å². The number of hydrogen-bond donors (Lipinski definition) is 2. The smallest absolute Gasteiger partial charge is 0.229 e. The minimum absolute atomic E-state index is 0.172. The van der Waals surface area contributed by atoms with E-state index >= 15 is 0 Å². The molecule has 0 fully saturated rings. The predicted octanol–water partition coefficient (Wildman–Crippen LogP) is 3.70. The molecule has 156 valence electrons. The van der Waals surface area contributed by atoms with E-state index < -0.39 is 15.6 Å². The Balaban J connectivity index is 1.94. The highest BCUT2D eigenvalue weighted by Gasteiger charge is 2.13. The van der Waals surface area contributed by atoms with Crippen molar-refractivity contribution < 1.29 is 12.8 Å². The third kappa shape index (κ3) is 5.29. The molecular formula is C23H24N2O4S. The zero-order chi connectivity index (χ0) is 21.9. The fourth-order valence-corrected chi connectivity index (χ4v) is 3.70. The number of hydrogen-bond acceptors (Lipinski definition) is 5. The Morgan fingerprint density at radius 1 is 1.17 bits per heavy atom. The highest BCUT2D eigenvalue weighted by atomic mass is 32.2. The van der Waals surface area contributed by atoms with Crippen molar-refractivity contribution in [1.82, 2.24) is 0 Å². The number of nitrogens with two attached hydrogens (primary N) is 1. The Labute approximate surface area is 176 Å². The standard InChI is InChI=1S/C23H24N2O4S/c1-4-12-23(2,24)13-11-16-5-10-19-21(14-16)29-15-20(22(19)26)17-6-8-18(9-7-17)25-30(3,27)28/h5-10,14-15,25H,4,12,24H2,1-3H3. The molecule has 0 amide bonds. The molecule has 0 saturated carbocycles. The molecular weight excluding hydrogens is 400 g/mol. The number of sulfonamides is 1. The molecule has 6 nitrogen and oxygen atoms in total. The molecule has 30 heavy (non-hydrogen) atoms. The summed E-state index contributed by atoms with van der Waals surface area (Å²) in [4.78, 5) is 12.9. The van der Waals surface area contributed by atoms with E-state index in [-0.39, 0.29) is 5.43 Å². The number of benzene rings is 2. The topological polar surface area (TPSA) is 102 Å². The molecule has 0 aliphatic heterocycles. The third-order valence-electron chi connectivity index (χ3n) is 4.54. The fourth-order valence-electron chi connectivity index (χ4n) is 3.13.